The summed E-state index contributed by atoms with van der Waals surface area (Å²) in [5.41, 5.74) is 16.1. The molecule has 0 saturated heterocycles. The number of rotatable bonds is 2. The zero-order valence-corrected chi connectivity index (χ0v) is 11.3. The summed E-state index contributed by atoms with van der Waals surface area (Å²) in [6, 6.07) is 13.6. The maximum Gasteiger partial charge on any atom is 0.258 e. The summed E-state index contributed by atoms with van der Waals surface area (Å²) in [5, 5.41) is 4.11. The van der Waals surface area contributed by atoms with Gasteiger partial charge in [-0.2, -0.15) is 4.98 Å². The van der Waals surface area contributed by atoms with Crippen molar-refractivity contribution in [3.63, 3.8) is 0 Å². The number of nitrogens with zero attached hydrogens (tertiary/aromatic N) is 2. The number of hydrogen-bond donors (Lipinski definition) is 2. The quantitative estimate of drug-likeness (QED) is 0.703. The van der Waals surface area contributed by atoms with E-state index in [0.29, 0.717) is 23.1 Å². The molecule has 0 amide bonds. The van der Waals surface area contributed by atoms with Gasteiger partial charge in [0.15, 0.2) is 5.82 Å². The van der Waals surface area contributed by atoms with Crippen molar-refractivity contribution in [3.05, 3.63) is 59.4 Å². The Labute approximate surface area is 121 Å². The molecule has 0 saturated carbocycles. The van der Waals surface area contributed by atoms with Crippen LogP contribution in [0.15, 0.2) is 47.0 Å². The molecule has 0 bridgehead atoms. The van der Waals surface area contributed by atoms with Crippen LogP contribution >= 0.6 is 0 Å². The molecule has 0 fully saturated rings. The minimum Gasteiger partial charge on any atom is -0.399 e. The average Bonchev–Trinajstić information content (AvgIpc) is 2.88. The first-order valence-corrected chi connectivity index (χ1v) is 6.78. The monoisotopic (exact) mass is 278 g/mol. The predicted molar refractivity (Wildman–Crippen MR) is 80.5 cm³/mol. The van der Waals surface area contributed by atoms with Crippen LogP contribution in [0.25, 0.3) is 11.5 Å². The van der Waals surface area contributed by atoms with Crippen molar-refractivity contribution in [1.29, 1.82) is 0 Å². The van der Waals surface area contributed by atoms with Crippen molar-refractivity contribution in [3.8, 4) is 11.5 Å². The smallest absolute Gasteiger partial charge is 0.258 e. The molecule has 1 aliphatic carbocycles. The summed E-state index contributed by atoms with van der Waals surface area (Å²) in [4.78, 5) is 4.49. The van der Waals surface area contributed by atoms with Crippen molar-refractivity contribution in [1.82, 2.24) is 10.1 Å². The molecule has 1 unspecified atom stereocenters. The number of nitrogen functional groups attached to an aromatic ring is 2. The van der Waals surface area contributed by atoms with Gasteiger partial charge in [0.25, 0.3) is 5.89 Å². The van der Waals surface area contributed by atoms with E-state index in [1.807, 2.05) is 12.1 Å². The van der Waals surface area contributed by atoms with Gasteiger partial charge in [-0.25, -0.2) is 0 Å². The summed E-state index contributed by atoms with van der Waals surface area (Å²) < 4.78 is 5.36. The fourth-order valence-corrected chi connectivity index (χ4v) is 2.78. The standard InChI is InChI=1S/C16H14N4O/c17-11-5-10(6-12(18)8-11)16-19-15(20-21-16)14-7-9-3-1-2-4-13(9)14/h1-6,8,14H,7,17-18H2. The van der Waals surface area contributed by atoms with E-state index in [9.17, 15) is 0 Å². The molecule has 1 heterocycles. The summed E-state index contributed by atoms with van der Waals surface area (Å²) in [5.74, 6) is 1.38. The molecule has 0 aliphatic heterocycles. The minimum atomic E-state index is 0.220. The van der Waals surface area contributed by atoms with Gasteiger partial charge in [-0.3, -0.25) is 0 Å². The molecule has 0 radical (unpaired) electrons. The molecule has 4 rings (SSSR count). The second-order valence-electron chi connectivity index (χ2n) is 5.30. The zero-order valence-electron chi connectivity index (χ0n) is 11.3. The first-order chi connectivity index (χ1) is 10.2. The summed E-state index contributed by atoms with van der Waals surface area (Å²) in [6.07, 6.45) is 0.953. The van der Waals surface area contributed by atoms with Gasteiger partial charge in [0.2, 0.25) is 0 Å². The van der Waals surface area contributed by atoms with Crippen LogP contribution < -0.4 is 11.5 Å². The number of nitrogens with two attached hydrogens (primary N) is 2. The van der Waals surface area contributed by atoms with Crippen LogP contribution in [0.4, 0.5) is 11.4 Å². The van der Waals surface area contributed by atoms with E-state index >= 15 is 0 Å². The van der Waals surface area contributed by atoms with Crippen molar-refractivity contribution in [2.75, 3.05) is 11.5 Å². The summed E-state index contributed by atoms with van der Waals surface area (Å²) >= 11 is 0. The highest BCUT2D eigenvalue weighted by Gasteiger charge is 2.31. The van der Waals surface area contributed by atoms with Crippen LogP contribution in [-0.4, -0.2) is 10.1 Å². The third kappa shape index (κ3) is 1.94. The van der Waals surface area contributed by atoms with Crippen LogP contribution in [0.2, 0.25) is 0 Å². The van der Waals surface area contributed by atoms with Crippen molar-refractivity contribution < 1.29 is 4.52 Å². The zero-order chi connectivity index (χ0) is 14.4. The lowest BCUT2D eigenvalue weighted by molar-refractivity contribution is 0.416. The maximum atomic E-state index is 5.79. The van der Waals surface area contributed by atoms with Gasteiger partial charge in [0, 0.05) is 16.9 Å². The highest BCUT2D eigenvalue weighted by molar-refractivity contribution is 5.67. The fraction of sp³-hybridized carbons (Fsp3) is 0.125. The van der Waals surface area contributed by atoms with Crippen LogP contribution in [0.3, 0.4) is 0 Å². The molecule has 5 heteroatoms. The second kappa shape index (κ2) is 4.34. The van der Waals surface area contributed by atoms with Gasteiger partial charge < -0.3 is 16.0 Å². The minimum absolute atomic E-state index is 0.220. The Kier molecular flexibility index (Phi) is 2.47. The molecule has 1 aromatic heterocycles. The normalized spacial score (nSPS) is 16.3. The topological polar surface area (TPSA) is 91.0 Å². The fourth-order valence-electron chi connectivity index (χ4n) is 2.78. The van der Waals surface area contributed by atoms with Gasteiger partial charge in [0.05, 0.1) is 5.92 Å². The lowest BCUT2D eigenvalue weighted by Crippen LogP contribution is -2.19. The molecule has 5 nitrogen and oxygen atoms in total. The number of hydrogen-bond acceptors (Lipinski definition) is 5. The van der Waals surface area contributed by atoms with E-state index in [0.717, 1.165) is 12.0 Å². The average molecular weight is 278 g/mol. The largest absolute Gasteiger partial charge is 0.399 e. The number of aromatic nitrogens is 2. The molecule has 4 N–H and O–H groups in total. The third-order valence-electron chi connectivity index (χ3n) is 3.83. The van der Waals surface area contributed by atoms with Gasteiger partial charge >= 0.3 is 0 Å². The number of benzene rings is 2. The Hall–Kier alpha value is -2.82. The number of fused-ring (bicyclic) bond motifs is 1. The molecule has 1 atom stereocenters. The van der Waals surface area contributed by atoms with E-state index < -0.39 is 0 Å². The highest BCUT2D eigenvalue weighted by Crippen LogP contribution is 2.39. The number of anilines is 2. The maximum absolute atomic E-state index is 5.79. The third-order valence-corrected chi connectivity index (χ3v) is 3.83. The van der Waals surface area contributed by atoms with E-state index in [1.54, 1.807) is 18.2 Å². The van der Waals surface area contributed by atoms with Crippen LogP contribution in [0, 0.1) is 0 Å². The van der Waals surface area contributed by atoms with Gasteiger partial charge in [-0.15, -0.1) is 0 Å². The molecule has 1 aliphatic rings. The first-order valence-electron chi connectivity index (χ1n) is 6.78. The second-order valence-corrected chi connectivity index (χ2v) is 5.30. The van der Waals surface area contributed by atoms with E-state index in [-0.39, 0.29) is 5.92 Å². The molecular weight excluding hydrogens is 264 g/mol. The Morgan fingerprint density at radius 3 is 2.57 bits per heavy atom. The summed E-state index contributed by atoms with van der Waals surface area (Å²) in [7, 11) is 0. The highest BCUT2D eigenvalue weighted by atomic mass is 16.5. The van der Waals surface area contributed by atoms with Gasteiger partial charge in [-0.05, 0) is 35.7 Å². The van der Waals surface area contributed by atoms with E-state index in [4.69, 9.17) is 16.0 Å². The van der Waals surface area contributed by atoms with Gasteiger partial charge in [-0.1, -0.05) is 29.4 Å². The molecule has 21 heavy (non-hydrogen) atoms. The van der Waals surface area contributed by atoms with E-state index in [2.05, 4.69) is 22.3 Å². The Morgan fingerprint density at radius 2 is 1.81 bits per heavy atom. The van der Waals surface area contributed by atoms with Crippen LogP contribution in [0.1, 0.15) is 22.9 Å². The Morgan fingerprint density at radius 1 is 1.05 bits per heavy atom. The Balaban J connectivity index is 1.68. The molecule has 0 spiro atoms. The van der Waals surface area contributed by atoms with Crippen molar-refractivity contribution >= 4 is 11.4 Å². The van der Waals surface area contributed by atoms with Crippen molar-refractivity contribution in [2.24, 2.45) is 0 Å². The first kappa shape index (κ1) is 12.0. The molecule has 3 aromatic rings. The SMILES string of the molecule is Nc1cc(N)cc(-c2nc(C3Cc4ccccc43)no2)c1. The molecule has 104 valence electrons. The van der Waals surface area contributed by atoms with Crippen LogP contribution in [-0.2, 0) is 6.42 Å². The van der Waals surface area contributed by atoms with Crippen LogP contribution in [0.5, 0.6) is 0 Å². The lowest BCUT2D eigenvalue weighted by atomic mass is 9.77. The molecule has 2 aromatic carbocycles. The molecular formula is C16H14N4O. The van der Waals surface area contributed by atoms with Gasteiger partial charge in [0.1, 0.15) is 0 Å². The van der Waals surface area contributed by atoms with Crippen molar-refractivity contribution in [2.45, 2.75) is 12.3 Å². The predicted octanol–water partition coefficient (Wildman–Crippen LogP) is 2.59. The summed E-state index contributed by atoms with van der Waals surface area (Å²) in [6.45, 7) is 0. The Bertz CT molecular complexity index is 804. The lowest BCUT2D eigenvalue weighted by Gasteiger charge is -2.27. The van der Waals surface area contributed by atoms with E-state index in [1.165, 1.54) is 11.1 Å².